The van der Waals surface area contributed by atoms with Gasteiger partial charge in [-0.15, -0.1) is 0 Å². The zero-order valence-corrected chi connectivity index (χ0v) is 17.4. The van der Waals surface area contributed by atoms with Gasteiger partial charge in [-0.25, -0.2) is 8.42 Å². The molecule has 156 valence electrons. The quantitative estimate of drug-likeness (QED) is 0.773. The van der Waals surface area contributed by atoms with E-state index in [0.717, 1.165) is 24.8 Å². The van der Waals surface area contributed by atoms with Crippen molar-refractivity contribution >= 4 is 21.8 Å². The second-order valence-electron chi connectivity index (χ2n) is 7.16. The Bertz CT molecular complexity index is 974. The third-order valence-corrected chi connectivity index (χ3v) is 6.55. The van der Waals surface area contributed by atoms with Crippen LogP contribution in [-0.2, 0) is 16.6 Å². The minimum atomic E-state index is -3.71. The van der Waals surface area contributed by atoms with Crippen molar-refractivity contribution in [3.8, 4) is 0 Å². The summed E-state index contributed by atoms with van der Waals surface area (Å²) in [5.74, 6) is -0.655. The number of hydrogen-bond acceptors (Lipinski definition) is 5. The van der Waals surface area contributed by atoms with Crippen LogP contribution in [-0.4, -0.2) is 56.6 Å². The van der Waals surface area contributed by atoms with Gasteiger partial charge in [0.05, 0.1) is 0 Å². The van der Waals surface area contributed by atoms with Crippen LogP contribution in [0, 0.1) is 0 Å². The average molecular weight is 420 g/mol. The maximum absolute atomic E-state index is 12.6. The molecule has 2 aromatic rings. The summed E-state index contributed by atoms with van der Waals surface area (Å²) >= 11 is 0. The predicted molar refractivity (Wildman–Crippen MR) is 107 cm³/mol. The first-order valence-electron chi connectivity index (χ1n) is 9.48. The van der Waals surface area contributed by atoms with Crippen molar-refractivity contribution in [2.45, 2.75) is 30.9 Å². The number of piperidine rings is 1. The van der Waals surface area contributed by atoms with E-state index < -0.39 is 15.9 Å². The Morgan fingerprint density at radius 1 is 1.03 bits per heavy atom. The van der Waals surface area contributed by atoms with Gasteiger partial charge in [0.25, 0.3) is 21.8 Å². The molecule has 0 spiro atoms. The van der Waals surface area contributed by atoms with Crippen LogP contribution in [0.3, 0.4) is 0 Å². The Balaban J connectivity index is 1.61. The largest absolute Gasteiger partial charge is 0.438 e. The molecule has 0 atom stereocenters. The fraction of sp³-hybridized carbons (Fsp3) is 0.400. The highest BCUT2D eigenvalue weighted by atomic mass is 32.2. The Labute approximate surface area is 170 Å². The van der Waals surface area contributed by atoms with E-state index in [2.05, 4.69) is 5.32 Å². The molecule has 8 nitrogen and oxygen atoms in total. The van der Waals surface area contributed by atoms with Gasteiger partial charge in [-0.2, -0.15) is 4.31 Å². The van der Waals surface area contributed by atoms with E-state index in [1.165, 1.54) is 21.3 Å². The molecule has 2 heterocycles. The van der Waals surface area contributed by atoms with Gasteiger partial charge in [0.2, 0.25) is 5.09 Å². The second-order valence-corrected chi connectivity index (χ2v) is 9.03. The lowest BCUT2D eigenvalue weighted by Crippen LogP contribution is -2.35. The van der Waals surface area contributed by atoms with Crippen LogP contribution in [0.2, 0.25) is 0 Å². The van der Waals surface area contributed by atoms with E-state index in [-0.39, 0.29) is 23.3 Å². The minimum absolute atomic E-state index is 0.0556. The van der Waals surface area contributed by atoms with Crippen molar-refractivity contribution in [2.75, 3.05) is 27.2 Å². The topological polar surface area (TPSA) is 99.9 Å². The highest BCUT2D eigenvalue weighted by Crippen LogP contribution is 2.22. The highest BCUT2D eigenvalue weighted by molar-refractivity contribution is 7.89. The Kier molecular flexibility index (Phi) is 6.39. The maximum Gasteiger partial charge on any atom is 0.287 e. The molecule has 29 heavy (non-hydrogen) atoms. The molecule has 0 aliphatic carbocycles. The van der Waals surface area contributed by atoms with Crippen LogP contribution in [0.25, 0.3) is 0 Å². The molecule has 1 saturated heterocycles. The first-order valence-corrected chi connectivity index (χ1v) is 10.9. The van der Waals surface area contributed by atoms with Crippen molar-refractivity contribution in [1.82, 2.24) is 14.5 Å². The fourth-order valence-electron chi connectivity index (χ4n) is 3.11. The van der Waals surface area contributed by atoms with E-state index in [4.69, 9.17) is 4.42 Å². The number of nitrogens with one attached hydrogen (secondary N) is 1. The second kappa shape index (κ2) is 8.79. The summed E-state index contributed by atoms with van der Waals surface area (Å²) in [6.45, 7) is 1.16. The summed E-state index contributed by atoms with van der Waals surface area (Å²) < 4.78 is 31.9. The highest BCUT2D eigenvalue weighted by Gasteiger charge is 2.29. The number of amides is 2. The van der Waals surface area contributed by atoms with Gasteiger partial charge in [-0.1, -0.05) is 18.6 Å². The molecule has 9 heteroatoms. The number of sulfonamides is 1. The summed E-state index contributed by atoms with van der Waals surface area (Å²) in [4.78, 5) is 25.7. The fourth-order valence-corrected chi connectivity index (χ4v) is 4.53. The lowest BCUT2D eigenvalue weighted by Gasteiger charge is -2.24. The molecular formula is C20H25N3O5S. The van der Waals surface area contributed by atoms with E-state index in [9.17, 15) is 18.0 Å². The summed E-state index contributed by atoms with van der Waals surface area (Å²) in [6, 6.07) is 9.59. The first kappa shape index (κ1) is 21.1. The number of furan rings is 1. The first-order chi connectivity index (χ1) is 13.8. The number of carbonyl (C=O) groups excluding carboxylic acids is 2. The molecule has 1 aromatic heterocycles. The number of rotatable bonds is 6. The number of nitrogens with zero attached hydrogens (tertiary/aromatic N) is 2. The SMILES string of the molecule is CN(C)C(=O)c1ccc(CNC(=O)c2ccc(S(=O)(=O)N3CCCCC3)o2)cc1. The van der Waals surface area contributed by atoms with Gasteiger partial charge >= 0.3 is 0 Å². The zero-order chi connectivity index (χ0) is 21.0. The molecule has 1 aliphatic heterocycles. The van der Waals surface area contributed by atoms with Crippen LogP contribution >= 0.6 is 0 Å². The molecule has 1 N–H and O–H groups in total. The molecule has 0 radical (unpaired) electrons. The third kappa shape index (κ3) is 4.86. The van der Waals surface area contributed by atoms with Crippen molar-refractivity contribution in [3.05, 3.63) is 53.3 Å². The maximum atomic E-state index is 12.6. The standard InChI is InChI=1S/C20H25N3O5S/c1-22(2)20(25)16-8-6-15(7-9-16)14-21-19(24)17-10-11-18(28-17)29(26,27)23-12-4-3-5-13-23/h6-11H,3-5,12-14H2,1-2H3,(H,21,24). The molecule has 0 saturated carbocycles. The Morgan fingerprint density at radius 2 is 1.69 bits per heavy atom. The number of carbonyl (C=O) groups is 2. The minimum Gasteiger partial charge on any atom is -0.438 e. The van der Waals surface area contributed by atoms with Crippen LogP contribution in [0.1, 0.15) is 45.7 Å². The summed E-state index contributed by atoms with van der Waals surface area (Å²) in [5, 5.41) is 2.48. The van der Waals surface area contributed by atoms with Crippen molar-refractivity contribution in [2.24, 2.45) is 0 Å². The number of hydrogen-bond donors (Lipinski definition) is 1. The van der Waals surface area contributed by atoms with Gasteiger partial charge < -0.3 is 14.6 Å². The van der Waals surface area contributed by atoms with Crippen LogP contribution in [0.4, 0.5) is 0 Å². The van der Waals surface area contributed by atoms with Crippen LogP contribution in [0.15, 0.2) is 45.9 Å². The van der Waals surface area contributed by atoms with Gasteiger partial charge in [0.1, 0.15) is 0 Å². The Morgan fingerprint density at radius 3 is 2.31 bits per heavy atom. The lowest BCUT2D eigenvalue weighted by molar-refractivity contribution is 0.0827. The molecule has 1 aliphatic rings. The summed E-state index contributed by atoms with van der Waals surface area (Å²) in [7, 11) is -0.351. The molecule has 3 rings (SSSR count). The summed E-state index contributed by atoms with van der Waals surface area (Å²) in [5.41, 5.74) is 1.37. The molecule has 1 fully saturated rings. The van der Waals surface area contributed by atoms with Crippen molar-refractivity contribution in [1.29, 1.82) is 0 Å². The average Bonchev–Trinajstić information content (AvgIpc) is 3.24. The molecular weight excluding hydrogens is 394 g/mol. The third-order valence-electron chi connectivity index (χ3n) is 4.77. The van der Waals surface area contributed by atoms with E-state index in [1.54, 1.807) is 38.4 Å². The molecule has 2 amide bonds. The van der Waals surface area contributed by atoms with Gasteiger partial charge in [-0.05, 0) is 42.7 Å². The normalized spacial score (nSPS) is 15.1. The molecule has 0 bridgehead atoms. The van der Waals surface area contributed by atoms with Crippen LogP contribution < -0.4 is 5.32 Å². The lowest BCUT2D eigenvalue weighted by atomic mass is 10.1. The smallest absolute Gasteiger partial charge is 0.287 e. The van der Waals surface area contributed by atoms with Gasteiger partial charge in [-0.3, -0.25) is 9.59 Å². The zero-order valence-electron chi connectivity index (χ0n) is 16.6. The van der Waals surface area contributed by atoms with E-state index >= 15 is 0 Å². The number of benzene rings is 1. The van der Waals surface area contributed by atoms with E-state index in [0.29, 0.717) is 18.7 Å². The summed E-state index contributed by atoms with van der Waals surface area (Å²) in [6.07, 6.45) is 2.67. The molecule has 1 aromatic carbocycles. The van der Waals surface area contributed by atoms with Gasteiger partial charge in [0.15, 0.2) is 5.76 Å². The van der Waals surface area contributed by atoms with Crippen molar-refractivity contribution < 1.29 is 22.4 Å². The van der Waals surface area contributed by atoms with Crippen molar-refractivity contribution in [3.63, 3.8) is 0 Å². The van der Waals surface area contributed by atoms with Gasteiger partial charge in [0, 0.05) is 39.3 Å². The predicted octanol–water partition coefficient (Wildman–Crippen LogP) is 2.09. The van der Waals surface area contributed by atoms with E-state index in [1.807, 2.05) is 0 Å². The molecule has 0 unspecified atom stereocenters. The Hall–Kier alpha value is -2.65. The monoisotopic (exact) mass is 419 g/mol. The van der Waals surface area contributed by atoms with Crippen LogP contribution in [0.5, 0.6) is 0 Å².